The highest BCUT2D eigenvalue weighted by Gasteiger charge is 2.64. The molecule has 0 unspecified atom stereocenters. The Morgan fingerprint density at radius 1 is 1.29 bits per heavy atom. The van der Waals surface area contributed by atoms with Crippen LogP contribution >= 0.6 is 0 Å². The van der Waals surface area contributed by atoms with Crippen molar-refractivity contribution in [2.75, 3.05) is 14.2 Å². The number of fused-ring (bicyclic) bond motifs is 1. The van der Waals surface area contributed by atoms with E-state index in [9.17, 15) is 4.79 Å². The molecule has 2 aliphatic rings. The molecule has 3 atom stereocenters. The summed E-state index contributed by atoms with van der Waals surface area (Å²) in [5.41, 5.74) is 4.53. The standard InChI is InChI=1S/C19H26N2O3/c1-12(14-9-8-13(23-3)11-16(14)24-4)20-21-18(22)17-15-7-5-6-10-19(15,17)2/h8-9,11,15,17H,5-7,10H2,1-4H3,(H,21,22)/b20-12-/t15-,17+,19+/m1/s1. The molecule has 1 amide bonds. The lowest BCUT2D eigenvalue weighted by Crippen LogP contribution is -2.23. The van der Waals surface area contributed by atoms with Crippen molar-refractivity contribution in [1.82, 2.24) is 5.43 Å². The highest BCUT2D eigenvalue weighted by molar-refractivity contribution is 6.02. The molecule has 0 saturated heterocycles. The van der Waals surface area contributed by atoms with Gasteiger partial charge in [0.1, 0.15) is 11.5 Å². The highest BCUT2D eigenvalue weighted by atomic mass is 16.5. The van der Waals surface area contributed by atoms with Gasteiger partial charge < -0.3 is 9.47 Å². The smallest absolute Gasteiger partial charge is 0.244 e. The molecule has 2 saturated carbocycles. The van der Waals surface area contributed by atoms with Gasteiger partial charge in [0.05, 0.1) is 19.9 Å². The number of nitrogens with one attached hydrogen (secondary N) is 1. The average Bonchev–Trinajstić information content (AvgIpc) is 3.24. The number of amides is 1. The molecule has 2 fully saturated rings. The first-order valence-electron chi connectivity index (χ1n) is 8.58. The third-order valence-corrected chi connectivity index (χ3v) is 5.75. The number of carbonyl (C=O) groups excluding carboxylic acids is 1. The van der Waals surface area contributed by atoms with Crippen LogP contribution in [0.3, 0.4) is 0 Å². The summed E-state index contributed by atoms with van der Waals surface area (Å²) in [6.45, 7) is 4.11. The van der Waals surface area contributed by atoms with Crippen LogP contribution < -0.4 is 14.9 Å². The summed E-state index contributed by atoms with van der Waals surface area (Å²) in [6, 6.07) is 5.56. The van der Waals surface area contributed by atoms with Crippen molar-refractivity contribution in [1.29, 1.82) is 0 Å². The van der Waals surface area contributed by atoms with Gasteiger partial charge in [-0.25, -0.2) is 5.43 Å². The van der Waals surface area contributed by atoms with E-state index in [1.807, 2.05) is 25.1 Å². The van der Waals surface area contributed by atoms with Crippen LogP contribution in [0.1, 0.15) is 45.1 Å². The molecule has 0 spiro atoms. The Bertz CT molecular complexity index is 671. The summed E-state index contributed by atoms with van der Waals surface area (Å²) in [4.78, 5) is 12.5. The van der Waals surface area contributed by atoms with Crippen molar-refractivity contribution in [3.05, 3.63) is 23.8 Å². The monoisotopic (exact) mass is 330 g/mol. The van der Waals surface area contributed by atoms with E-state index < -0.39 is 0 Å². The number of ether oxygens (including phenoxy) is 2. The molecule has 0 aromatic heterocycles. The molecule has 24 heavy (non-hydrogen) atoms. The fraction of sp³-hybridized carbons (Fsp3) is 0.579. The van der Waals surface area contributed by atoms with Crippen molar-refractivity contribution in [3.8, 4) is 11.5 Å². The van der Waals surface area contributed by atoms with Crippen LogP contribution in [0.2, 0.25) is 0 Å². The van der Waals surface area contributed by atoms with Gasteiger partial charge in [0.15, 0.2) is 0 Å². The lowest BCUT2D eigenvalue weighted by Gasteiger charge is -2.15. The molecule has 1 aromatic carbocycles. The van der Waals surface area contributed by atoms with Gasteiger partial charge in [0, 0.05) is 17.5 Å². The normalized spacial score (nSPS) is 28.8. The molecule has 0 heterocycles. The fourth-order valence-corrected chi connectivity index (χ4v) is 4.22. The molecular weight excluding hydrogens is 304 g/mol. The van der Waals surface area contributed by atoms with E-state index in [4.69, 9.17) is 9.47 Å². The Labute approximate surface area is 143 Å². The van der Waals surface area contributed by atoms with Crippen molar-refractivity contribution >= 4 is 11.6 Å². The lowest BCUT2D eigenvalue weighted by molar-refractivity contribution is -0.123. The molecule has 0 bridgehead atoms. The van der Waals surface area contributed by atoms with E-state index in [1.165, 1.54) is 19.3 Å². The van der Waals surface area contributed by atoms with Gasteiger partial charge in [-0.1, -0.05) is 19.8 Å². The van der Waals surface area contributed by atoms with Crippen LogP contribution in [-0.4, -0.2) is 25.8 Å². The van der Waals surface area contributed by atoms with Crippen LogP contribution in [0.4, 0.5) is 0 Å². The molecule has 5 heteroatoms. The number of carbonyl (C=O) groups is 1. The molecule has 0 radical (unpaired) electrons. The maximum absolute atomic E-state index is 12.5. The minimum atomic E-state index is 0.0521. The number of hydrazone groups is 1. The van der Waals surface area contributed by atoms with Crippen molar-refractivity contribution in [3.63, 3.8) is 0 Å². The largest absolute Gasteiger partial charge is 0.497 e. The first-order valence-corrected chi connectivity index (χ1v) is 8.58. The molecule has 1 aromatic rings. The Balaban J connectivity index is 1.70. The van der Waals surface area contributed by atoms with Gasteiger partial charge in [0.2, 0.25) is 5.91 Å². The van der Waals surface area contributed by atoms with Gasteiger partial charge in [-0.05, 0) is 43.2 Å². The molecule has 0 aliphatic heterocycles. The minimum absolute atomic E-state index is 0.0521. The SMILES string of the molecule is COc1ccc(/C(C)=N\NC(=O)[C@@H]2[C@H]3CCCC[C@@]32C)c(OC)c1. The summed E-state index contributed by atoms with van der Waals surface area (Å²) < 4.78 is 10.6. The van der Waals surface area contributed by atoms with Gasteiger partial charge in [-0.3, -0.25) is 4.79 Å². The minimum Gasteiger partial charge on any atom is -0.497 e. The number of nitrogens with zero attached hydrogens (tertiary/aromatic N) is 1. The maximum Gasteiger partial charge on any atom is 0.244 e. The number of methoxy groups -OCH3 is 2. The van der Waals surface area contributed by atoms with Crippen molar-refractivity contribution in [2.24, 2.45) is 22.4 Å². The summed E-state index contributed by atoms with van der Waals surface area (Å²) in [5, 5.41) is 4.30. The second-order valence-electron chi connectivity index (χ2n) is 7.08. The summed E-state index contributed by atoms with van der Waals surface area (Å²) in [6.07, 6.45) is 4.81. The third kappa shape index (κ3) is 2.87. The molecule has 2 aliphatic carbocycles. The van der Waals surface area contributed by atoms with Crippen LogP contribution in [0.15, 0.2) is 23.3 Å². The van der Waals surface area contributed by atoms with E-state index >= 15 is 0 Å². The molecule has 5 nitrogen and oxygen atoms in total. The summed E-state index contributed by atoms with van der Waals surface area (Å²) in [7, 11) is 3.23. The van der Waals surface area contributed by atoms with Gasteiger partial charge in [-0.2, -0.15) is 5.10 Å². The van der Waals surface area contributed by atoms with Crippen LogP contribution in [-0.2, 0) is 4.79 Å². The Morgan fingerprint density at radius 3 is 2.71 bits per heavy atom. The first-order chi connectivity index (χ1) is 11.5. The van der Waals surface area contributed by atoms with E-state index in [-0.39, 0.29) is 17.2 Å². The summed E-state index contributed by atoms with van der Waals surface area (Å²) >= 11 is 0. The second-order valence-corrected chi connectivity index (χ2v) is 7.08. The van der Waals surface area contributed by atoms with Crippen molar-refractivity contribution < 1.29 is 14.3 Å². The van der Waals surface area contributed by atoms with E-state index in [2.05, 4.69) is 17.5 Å². The number of hydrogen-bond acceptors (Lipinski definition) is 4. The van der Waals surface area contributed by atoms with Gasteiger partial charge >= 0.3 is 0 Å². The Morgan fingerprint density at radius 2 is 2.08 bits per heavy atom. The third-order valence-electron chi connectivity index (χ3n) is 5.75. The quantitative estimate of drug-likeness (QED) is 0.665. The van der Waals surface area contributed by atoms with Crippen molar-refractivity contribution in [2.45, 2.75) is 39.5 Å². The molecule has 130 valence electrons. The van der Waals surface area contributed by atoms with Crippen LogP contribution in [0.25, 0.3) is 0 Å². The molecule has 1 N–H and O–H groups in total. The number of hydrogen-bond donors (Lipinski definition) is 1. The summed E-state index contributed by atoms with van der Waals surface area (Å²) in [5.74, 6) is 2.11. The van der Waals surface area contributed by atoms with Gasteiger partial charge in [-0.15, -0.1) is 0 Å². The topological polar surface area (TPSA) is 59.9 Å². The molecule has 3 rings (SSSR count). The van der Waals surface area contributed by atoms with E-state index in [1.54, 1.807) is 14.2 Å². The zero-order chi connectivity index (χ0) is 17.3. The lowest BCUT2D eigenvalue weighted by atomic mass is 9.90. The molecular formula is C19H26N2O3. The zero-order valence-corrected chi connectivity index (χ0v) is 14.9. The van der Waals surface area contributed by atoms with E-state index in [0.29, 0.717) is 11.7 Å². The predicted molar refractivity (Wildman–Crippen MR) is 93.5 cm³/mol. The first kappa shape index (κ1) is 16.8. The number of rotatable bonds is 5. The van der Waals surface area contributed by atoms with E-state index in [0.717, 1.165) is 23.4 Å². The number of benzene rings is 1. The predicted octanol–water partition coefficient (Wildman–Crippen LogP) is 3.37. The maximum atomic E-state index is 12.5. The van der Waals surface area contributed by atoms with Crippen LogP contribution in [0.5, 0.6) is 11.5 Å². The zero-order valence-electron chi connectivity index (χ0n) is 14.9. The fourth-order valence-electron chi connectivity index (χ4n) is 4.22. The Kier molecular flexibility index (Phi) is 4.52. The highest BCUT2D eigenvalue weighted by Crippen LogP contribution is 2.66. The van der Waals surface area contributed by atoms with Crippen LogP contribution in [0, 0.1) is 17.3 Å². The van der Waals surface area contributed by atoms with Gasteiger partial charge in [0.25, 0.3) is 0 Å². The Hall–Kier alpha value is -2.04. The second kappa shape index (κ2) is 6.46. The average molecular weight is 330 g/mol.